The Morgan fingerprint density at radius 1 is 1.32 bits per heavy atom. The average molecular weight is 258 g/mol. The van der Waals surface area contributed by atoms with E-state index in [9.17, 15) is 0 Å². The van der Waals surface area contributed by atoms with Gasteiger partial charge >= 0.3 is 0 Å². The van der Waals surface area contributed by atoms with Crippen molar-refractivity contribution >= 4 is 17.2 Å². The van der Waals surface area contributed by atoms with E-state index >= 15 is 0 Å². The molecule has 102 valence electrons. The summed E-state index contributed by atoms with van der Waals surface area (Å²) in [4.78, 5) is 2.08. The van der Waals surface area contributed by atoms with Crippen LogP contribution in [0, 0.1) is 6.92 Å². The van der Waals surface area contributed by atoms with E-state index in [0.717, 1.165) is 22.9 Å². The first kappa shape index (κ1) is 13.5. The van der Waals surface area contributed by atoms with Crippen molar-refractivity contribution in [3.63, 3.8) is 0 Å². The summed E-state index contributed by atoms with van der Waals surface area (Å²) < 4.78 is 1.85. The number of nitrogens with zero attached hydrogens (tertiary/aromatic N) is 3. The molecule has 0 aliphatic rings. The molecule has 0 aliphatic heterocycles. The lowest BCUT2D eigenvalue weighted by Gasteiger charge is -2.20. The van der Waals surface area contributed by atoms with Gasteiger partial charge in [0.2, 0.25) is 0 Å². The van der Waals surface area contributed by atoms with Crippen LogP contribution in [0.1, 0.15) is 31.0 Å². The van der Waals surface area contributed by atoms with Crippen LogP contribution in [0.2, 0.25) is 0 Å². The number of rotatable bonds is 3. The molecule has 0 fully saturated rings. The molecule has 0 bridgehead atoms. The van der Waals surface area contributed by atoms with Gasteiger partial charge in [0.05, 0.1) is 11.4 Å². The van der Waals surface area contributed by atoms with E-state index in [1.165, 1.54) is 5.56 Å². The molecule has 2 N–H and O–H groups in total. The maximum atomic E-state index is 6.26. The fraction of sp³-hybridized carbons (Fsp3) is 0.400. The average Bonchev–Trinajstić information content (AvgIpc) is 2.64. The summed E-state index contributed by atoms with van der Waals surface area (Å²) in [5.41, 5.74) is 10.3. The number of nitrogen functional groups attached to an aromatic ring is 1. The van der Waals surface area contributed by atoms with Crippen molar-refractivity contribution in [2.45, 2.75) is 26.7 Å². The second kappa shape index (κ2) is 4.96. The zero-order valence-corrected chi connectivity index (χ0v) is 12.3. The van der Waals surface area contributed by atoms with Gasteiger partial charge in [0.25, 0.3) is 0 Å². The highest BCUT2D eigenvalue weighted by Crippen LogP contribution is 2.33. The molecular formula is C15H22N4. The fourth-order valence-corrected chi connectivity index (χ4v) is 2.33. The van der Waals surface area contributed by atoms with Gasteiger partial charge in [-0.05, 0) is 30.5 Å². The maximum absolute atomic E-state index is 6.26. The van der Waals surface area contributed by atoms with Crippen molar-refractivity contribution in [3.05, 3.63) is 35.5 Å². The van der Waals surface area contributed by atoms with Crippen molar-refractivity contribution < 1.29 is 0 Å². The third kappa shape index (κ3) is 2.43. The van der Waals surface area contributed by atoms with Crippen LogP contribution in [-0.2, 0) is 7.05 Å². The number of aryl methyl sites for hydroxylation is 2. The standard InChI is InChI=1S/C15H22N4/c1-10(2)14-13(16)15(19(5)17-14)18(4)12-8-6-7-11(3)9-12/h6-10H,16H2,1-5H3. The maximum Gasteiger partial charge on any atom is 0.154 e. The molecule has 0 unspecified atom stereocenters. The summed E-state index contributed by atoms with van der Waals surface area (Å²) in [5, 5.41) is 4.53. The van der Waals surface area contributed by atoms with E-state index in [-0.39, 0.29) is 0 Å². The number of nitrogens with two attached hydrogens (primary N) is 1. The molecule has 1 aromatic carbocycles. The van der Waals surface area contributed by atoms with Gasteiger partial charge in [-0.1, -0.05) is 26.0 Å². The number of anilines is 3. The van der Waals surface area contributed by atoms with Gasteiger partial charge in [0.15, 0.2) is 5.82 Å². The zero-order chi connectivity index (χ0) is 14.2. The molecule has 0 atom stereocenters. The van der Waals surface area contributed by atoms with Gasteiger partial charge in [0, 0.05) is 19.8 Å². The van der Waals surface area contributed by atoms with Gasteiger partial charge in [-0.3, -0.25) is 4.68 Å². The number of aromatic nitrogens is 2. The molecule has 0 radical (unpaired) electrons. The molecule has 19 heavy (non-hydrogen) atoms. The van der Waals surface area contributed by atoms with Crippen molar-refractivity contribution in [3.8, 4) is 0 Å². The molecule has 0 amide bonds. The van der Waals surface area contributed by atoms with Crippen LogP contribution in [0.5, 0.6) is 0 Å². The van der Waals surface area contributed by atoms with E-state index < -0.39 is 0 Å². The molecule has 4 nitrogen and oxygen atoms in total. The van der Waals surface area contributed by atoms with Crippen LogP contribution in [0.15, 0.2) is 24.3 Å². The van der Waals surface area contributed by atoms with Crippen LogP contribution in [0.3, 0.4) is 0 Å². The van der Waals surface area contributed by atoms with Gasteiger partial charge in [-0.15, -0.1) is 0 Å². The number of benzene rings is 1. The first-order valence-corrected chi connectivity index (χ1v) is 6.54. The first-order chi connectivity index (χ1) is 8.91. The lowest BCUT2D eigenvalue weighted by molar-refractivity contribution is 0.711. The van der Waals surface area contributed by atoms with Crippen molar-refractivity contribution in [2.24, 2.45) is 7.05 Å². The minimum absolute atomic E-state index is 0.325. The number of hydrogen-bond acceptors (Lipinski definition) is 3. The zero-order valence-electron chi connectivity index (χ0n) is 12.3. The summed E-state index contributed by atoms with van der Waals surface area (Å²) in [5.74, 6) is 1.26. The number of hydrogen-bond donors (Lipinski definition) is 1. The highest BCUT2D eigenvalue weighted by atomic mass is 15.4. The van der Waals surface area contributed by atoms with Gasteiger partial charge in [-0.25, -0.2) is 0 Å². The van der Waals surface area contributed by atoms with E-state index in [1.807, 2.05) is 18.8 Å². The van der Waals surface area contributed by atoms with Crippen LogP contribution >= 0.6 is 0 Å². The largest absolute Gasteiger partial charge is 0.394 e. The summed E-state index contributed by atoms with van der Waals surface area (Å²) in [7, 11) is 3.95. The van der Waals surface area contributed by atoms with Gasteiger partial charge in [0.1, 0.15) is 0 Å². The third-order valence-corrected chi connectivity index (χ3v) is 3.33. The Hall–Kier alpha value is -1.97. The van der Waals surface area contributed by atoms with Crippen LogP contribution in [0.25, 0.3) is 0 Å². The Morgan fingerprint density at radius 2 is 2.00 bits per heavy atom. The molecule has 0 saturated heterocycles. The van der Waals surface area contributed by atoms with Crippen LogP contribution < -0.4 is 10.6 Å². The van der Waals surface area contributed by atoms with Gasteiger partial charge < -0.3 is 10.6 Å². The van der Waals surface area contributed by atoms with Crippen LogP contribution in [0.4, 0.5) is 17.2 Å². The Balaban J connectivity index is 2.47. The molecule has 2 rings (SSSR count). The highest BCUT2D eigenvalue weighted by Gasteiger charge is 2.19. The molecule has 1 aromatic heterocycles. The SMILES string of the molecule is Cc1cccc(N(C)c2c(N)c(C(C)C)nn2C)c1. The van der Waals surface area contributed by atoms with Crippen molar-refractivity contribution in [2.75, 3.05) is 17.7 Å². The first-order valence-electron chi connectivity index (χ1n) is 6.54. The third-order valence-electron chi connectivity index (χ3n) is 3.33. The topological polar surface area (TPSA) is 47.1 Å². The predicted molar refractivity (Wildman–Crippen MR) is 81.0 cm³/mol. The molecule has 0 saturated carbocycles. The summed E-state index contributed by atoms with van der Waals surface area (Å²) in [6.45, 7) is 6.30. The van der Waals surface area contributed by atoms with Crippen molar-refractivity contribution in [1.29, 1.82) is 0 Å². The second-order valence-electron chi connectivity index (χ2n) is 5.30. The fourth-order valence-electron chi connectivity index (χ4n) is 2.33. The normalized spacial score (nSPS) is 11.1. The van der Waals surface area contributed by atoms with Crippen LogP contribution in [-0.4, -0.2) is 16.8 Å². The Morgan fingerprint density at radius 3 is 2.53 bits per heavy atom. The summed E-state index contributed by atoms with van der Waals surface area (Å²) in [6.07, 6.45) is 0. The van der Waals surface area contributed by atoms with E-state index in [2.05, 4.69) is 55.0 Å². The Labute approximate surface area is 114 Å². The highest BCUT2D eigenvalue weighted by molar-refractivity contribution is 5.73. The molecular weight excluding hydrogens is 236 g/mol. The molecule has 4 heteroatoms. The predicted octanol–water partition coefficient (Wildman–Crippen LogP) is 3.20. The smallest absolute Gasteiger partial charge is 0.154 e. The second-order valence-corrected chi connectivity index (χ2v) is 5.30. The summed E-state index contributed by atoms with van der Waals surface area (Å²) >= 11 is 0. The van der Waals surface area contributed by atoms with Crippen molar-refractivity contribution in [1.82, 2.24) is 9.78 Å². The Kier molecular flexibility index (Phi) is 3.51. The van der Waals surface area contributed by atoms with E-state index in [1.54, 1.807) is 0 Å². The van der Waals surface area contributed by atoms with E-state index in [4.69, 9.17) is 5.73 Å². The molecule has 0 aliphatic carbocycles. The monoisotopic (exact) mass is 258 g/mol. The minimum Gasteiger partial charge on any atom is -0.394 e. The Bertz CT molecular complexity index is 584. The minimum atomic E-state index is 0.325. The molecule has 1 heterocycles. The van der Waals surface area contributed by atoms with Gasteiger partial charge in [-0.2, -0.15) is 5.10 Å². The molecule has 2 aromatic rings. The summed E-state index contributed by atoms with van der Waals surface area (Å²) in [6, 6.07) is 8.36. The lowest BCUT2D eigenvalue weighted by Crippen LogP contribution is -2.15. The quantitative estimate of drug-likeness (QED) is 0.919. The lowest BCUT2D eigenvalue weighted by atomic mass is 10.1. The molecule has 0 spiro atoms. The van der Waals surface area contributed by atoms with E-state index in [0.29, 0.717) is 5.92 Å².